The Morgan fingerprint density at radius 1 is 1.22 bits per heavy atom. The molecule has 0 aliphatic carbocycles. The maximum atomic E-state index is 12.2. The highest BCUT2D eigenvalue weighted by Crippen LogP contribution is 2.14. The van der Waals surface area contributed by atoms with E-state index in [-0.39, 0.29) is 17.3 Å². The number of nitrogens with one attached hydrogen (secondary N) is 1. The summed E-state index contributed by atoms with van der Waals surface area (Å²) in [4.78, 5) is 39.8. The van der Waals surface area contributed by atoms with Gasteiger partial charge in [-0.15, -0.1) is 0 Å². The van der Waals surface area contributed by atoms with Crippen molar-refractivity contribution in [1.82, 2.24) is 15.1 Å². The van der Waals surface area contributed by atoms with E-state index in [1.807, 2.05) is 7.05 Å². The van der Waals surface area contributed by atoms with Crippen LogP contribution in [0.4, 0.5) is 5.69 Å². The Labute approximate surface area is 135 Å². The molecule has 124 valence electrons. The predicted octanol–water partition coefficient (Wildman–Crippen LogP) is 0.0778. The number of hydrogen-bond donors (Lipinski definition) is 2. The van der Waals surface area contributed by atoms with E-state index in [4.69, 9.17) is 5.73 Å². The molecular formula is C16H22N4O3. The number of piperidine rings is 1. The summed E-state index contributed by atoms with van der Waals surface area (Å²) in [6.45, 7) is 1.76. The van der Waals surface area contributed by atoms with Gasteiger partial charge in [0.05, 0.1) is 5.56 Å². The molecule has 1 aromatic carbocycles. The summed E-state index contributed by atoms with van der Waals surface area (Å²) in [7, 11) is 3.62. The van der Waals surface area contributed by atoms with Gasteiger partial charge in [-0.25, -0.2) is 0 Å². The second-order valence-corrected chi connectivity index (χ2v) is 5.82. The fourth-order valence-corrected chi connectivity index (χ4v) is 2.64. The summed E-state index contributed by atoms with van der Waals surface area (Å²) in [5.74, 6) is -2.31. The largest absolute Gasteiger partial charge is 0.398 e. The normalized spacial score (nSPS) is 15.9. The number of hydrogen-bond acceptors (Lipinski definition) is 5. The van der Waals surface area contributed by atoms with Crippen LogP contribution in [0.5, 0.6) is 0 Å². The minimum atomic E-state index is -0.931. The minimum absolute atomic E-state index is 0.0151. The summed E-state index contributed by atoms with van der Waals surface area (Å²) in [5, 5.41) is 2.11. The Balaban J connectivity index is 1.96. The van der Waals surface area contributed by atoms with Crippen LogP contribution in [-0.2, 0) is 9.59 Å². The van der Waals surface area contributed by atoms with Gasteiger partial charge in [0.2, 0.25) is 0 Å². The van der Waals surface area contributed by atoms with Crippen LogP contribution >= 0.6 is 0 Å². The van der Waals surface area contributed by atoms with E-state index in [1.54, 1.807) is 25.2 Å². The standard InChI is InChI=1S/C16H22N4O3/c1-19-9-7-11(8-10-19)20(2)16(23)15(22)18-14(21)12-5-3-4-6-13(12)17/h3-6,11H,7-10,17H2,1-2H3,(H,18,21,22). The van der Waals surface area contributed by atoms with Gasteiger partial charge in [0, 0.05) is 18.8 Å². The second-order valence-electron chi connectivity index (χ2n) is 5.82. The minimum Gasteiger partial charge on any atom is -0.398 e. The molecule has 2 rings (SSSR count). The molecule has 1 aromatic rings. The molecule has 0 saturated carbocycles. The van der Waals surface area contributed by atoms with Gasteiger partial charge in [0.15, 0.2) is 0 Å². The molecule has 0 atom stereocenters. The zero-order chi connectivity index (χ0) is 17.0. The second kappa shape index (κ2) is 7.23. The van der Waals surface area contributed by atoms with Gasteiger partial charge in [0.25, 0.3) is 5.91 Å². The van der Waals surface area contributed by atoms with Crippen LogP contribution in [0.15, 0.2) is 24.3 Å². The third-order valence-electron chi connectivity index (χ3n) is 4.18. The first-order chi connectivity index (χ1) is 10.9. The van der Waals surface area contributed by atoms with E-state index in [0.29, 0.717) is 0 Å². The molecular weight excluding hydrogens is 296 g/mol. The smallest absolute Gasteiger partial charge is 0.316 e. The first-order valence-corrected chi connectivity index (χ1v) is 7.55. The fourth-order valence-electron chi connectivity index (χ4n) is 2.64. The van der Waals surface area contributed by atoms with Crippen LogP contribution in [0, 0.1) is 0 Å². The van der Waals surface area contributed by atoms with Gasteiger partial charge < -0.3 is 15.5 Å². The van der Waals surface area contributed by atoms with E-state index in [0.717, 1.165) is 25.9 Å². The number of carbonyl (C=O) groups is 3. The van der Waals surface area contributed by atoms with Crippen LogP contribution in [0.1, 0.15) is 23.2 Å². The monoisotopic (exact) mass is 318 g/mol. The van der Waals surface area contributed by atoms with Crippen molar-refractivity contribution in [2.24, 2.45) is 0 Å². The van der Waals surface area contributed by atoms with Gasteiger partial charge >= 0.3 is 11.8 Å². The van der Waals surface area contributed by atoms with E-state index in [9.17, 15) is 14.4 Å². The third-order valence-corrected chi connectivity index (χ3v) is 4.18. The number of likely N-dealkylation sites (N-methyl/N-ethyl adjacent to an activating group) is 1. The lowest BCUT2D eigenvalue weighted by molar-refractivity contribution is -0.146. The van der Waals surface area contributed by atoms with Gasteiger partial charge in [0.1, 0.15) is 0 Å². The van der Waals surface area contributed by atoms with E-state index in [2.05, 4.69) is 10.2 Å². The van der Waals surface area contributed by atoms with Crippen molar-refractivity contribution in [3.8, 4) is 0 Å². The molecule has 1 fully saturated rings. The van der Waals surface area contributed by atoms with Crippen molar-refractivity contribution in [2.45, 2.75) is 18.9 Å². The topological polar surface area (TPSA) is 95.7 Å². The molecule has 0 aromatic heterocycles. The highest BCUT2D eigenvalue weighted by atomic mass is 16.2. The van der Waals surface area contributed by atoms with E-state index >= 15 is 0 Å². The van der Waals surface area contributed by atoms with Crippen molar-refractivity contribution < 1.29 is 14.4 Å². The molecule has 1 saturated heterocycles. The molecule has 23 heavy (non-hydrogen) atoms. The van der Waals surface area contributed by atoms with Gasteiger partial charge in [-0.05, 0) is 45.1 Å². The molecule has 0 spiro atoms. The SMILES string of the molecule is CN1CCC(N(C)C(=O)C(=O)NC(=O)c2ccccc2N)CC1. The molecule has 7 heteroatoms. The lowest BCUT2D eigenvalue weighted by atomic mass is 10.0. The van der Waals surface area contributed by atoms with Crippen molar-refractivity contribution in [3.05, 3.63) is 29.8 Å². The molecule has 1 heterocycles. The number of imide groups is 1. The number of benzene rings is 1. The van der Waals surface area contributed by atoms with Crippen LogP contribution in [0.2, 0.25) is 0 Å². The van der Waals surface area contributed by atoms with E-state index in [1.165, 1.54) is 11.0 Å². The van der Waals surface area contributed by atoms with Gasteiger partial charge in [-0.3, -0.25) is 19.7 Å². The molecule has 7 nitrogen and oxygen atoms in total. The van der Waals surface area contributed by atoms with Gasteiger partial charge in [-0.2, -0.15) is 0 Å². The Morgan fingerprint density at radius 2 is 1.83 bits per heavy atom. The molecule has 1 aliphatic rings. The van der Waals surface area contributed by atoms with Crippen LogP contribution in [-0.4, -0.2) is 60.7 Å². The number of nitrogen functional groups attached to an aromatic ring is 1. The molecule has 3 N–H and O–H groups in total. The van der Waals surface area contributed by atoms with Crippen molar-refractivity contribution in [3.63, 3.8) is 0 Å². The van der Waals surface area contributed by atoms with E-state index < -0.39 is 17.7 Å². The highest BCUT2D eigenvalue weighted by Gasteiger charge is 2.29. The molecule has 0 unspecified atom stereocenters. The Morgan fingerprint density at radius 3 is 2.43 bits per heavy atom. The summed E-state index contributed by atoms with van der Waals surface area (Å²) in [6, 6.07) is 6.41. The average Bonchev–Trinajstić information content (AvgIpc) is 2.54. The molecule has 0 bridgehead atoms. The van der Waals surface area contributed by atoms with Crippen LogP contribution in [0.25, 0.3) is 0 Å². The number of carbonyl (C=O) groups excluding carboxylic acids is 3. The number of rotatable bonds is 2. The zero-order valence-corrected chi connectivity index (χ0v) is 13.4. The van der Waals surface area contributed by atoms with Gasteiger partial charge in [-0.1, -0.05) is 12.1 Å². The van der Waals surface area contributed by atoms with Crippen molar-refractivity contribution in [1.29, 1.82) is 0 Å². The predicted molar refractivity (Wildman–Crippen MR) is 86.6 cm³/mol. The number of nitrogens with zero attached hydrogens (tertiary/aromatic N) is 2. The summed E-state index contributed by atoms with van der Waals surface area (Å²) in [6.07, 6.45) is 1.62. The fraction of sp³-hybridized carbons (Fsp3) is 0.438. The van der Waals surface area contributed by atoms with Crippen LogP contribution in [0.3, 0.4) is 0 Å². The lowest BCUT2D eigenvalue weighted by Crippen LogP contribution is -2.50. The maximum Gasteiger partial charge on any atom is 0.316 e. The number of amides is 3. The highest BCUT2D eigenvalue weighted by molar-refractivity contribution is 6.38. The molecule has 0 radical (unpaired) electrons. The summed E-state index contributed by atoms with van der Waals surface area (Å²) in [5.41, 5.74) is 6.13. The van der Waals surface area contributed by atoms with Crippen molar-refractivity contribution >= 4 is 23.4 Å². The third kappa shape index (κ3) is 4.07. The van der Waals surface area contributed by atoms with Crippen LogP contribution < -0.4 is 11.1 Å². The molecule has 1 aliphatic heterocycles. The number of likely N-dealkylation sites (tertiary alicyclic amines) is 1. The summed E-state index contributed by atoms with van der Waals surface area (Å²) >= 11 is 0. The average molecular weight is 318 g/mol. The quantitative estimate of drug-likeness (QED) is 0.595. The number of anilines is 1. The summed E-state index contributed by atoms with van der Waals surface area (Å²) < 4.78 is 0. The van der Waals surface area contributed by atoms with Crippen molar-refractivity contribution in [2.75, 3.05) is 32.9 Å². The lowest BCUT2D eigenvalue weighted by Gasteiger charge is -2.34. The Hall–Kier alpha value is -2.41. The first kappa shape index (κ1) is 17.0. The first-order valence-electron chi connectivity index (χ1n) is 7.55. The number of nitrogens with two attached hydrogens (primary N) is 1. The maximum absolute atomic E-state index is 12.2. The zero-order valence-electron chi connectivity index (χ0n) is 13.4. The Kier molecular flexibility index (Phi) is 5.33. The Bertz CT molecular complexity index is 609. The number of para-hydroxylation sites is 1. The molecule has 3 amide bonds.